The van der Waals surface area contributed by atoms with E-state index in [1.807, 2.05) is 0 Å². The van der Waals surface area contributed by atoms with Crippen LogP contribution in [0.1, 0.15) is 26.2 Å². The second-order valence-corrected chi connectivity index (χ2v) is 6.94. The van der Waals surface area contributed by atoms with Crippen molar-refractivity contribution in [2.75, 3.05) is 99.3 Å². The summed E-state index contributed by atoms with van der Waals surface area (Å²) < 4.78 is 27.0. The van der Waals surface area contributed by atoms with Crippen molar-refractivity contribution < 1.29 is 23.7 Å². The molecule has 0 aliphatic carbocycles. The van der Waals surface area contributed by atoms with Gasteiger partial charge < -0.3 is 28.6 Å². The zero-order valence-corrected chi connectivity index (χ0v) is 18.2. The number of hydrogen-bond donors (Lipinski definition) is 0. The van der Waals surface area contributed by atoms with Crippen LogP contribution >= 0.6 is 0 Å². The molecule has 0 aromatic carbocycles. The number of piperazine rings is 1. The third-order valence-electron chi connectivity index (χ3n) is 4.64. The zero-order chi connectivity index (χ0) is 20.3. The standard InChI is InChI=1S/C21H42N2O5/c1-4-12-25-15-17-27-19-20-28-18-16-26-14-6-21(2)23-10-8-22(9-11-23)7-5-13-24-3/h2,4-20H2,1,3H3. The first kappa shape index (κ1) is 25.3. The van der Waals surface area contributed by atoms with Crippen molar-refractivity contribution in [1.29, 1.82) is 0 Å². The average molecular weight is 403 g/mol. The van der Waals surface area contributed by atoms with Gasteiger partial charge in [0.25, 0.3) is 0 Å². The molecule has 0 radical (unpaired) electrons. The monoisotopic (exact) mass is 402 g/mol. The van der Waals surface area contributed by atoms with Crippen LogP contribution in [0.5, 0.6) is 0 Å². The van der Waals surface area contributed by atoms with E-state index in [0.29, 0.717) is 46.2 Å². The number of nitrogens with zero attached hydrogens (tertiary/aromatic N) is 2. The summed E-state index contributed by atoms with van der Waals surface area (Å²) in [5, 5.41) is 0. The van der Waals surface area contributed by atoms with E-state index in [1.165, 1.54) is 5.70 Å². The van der Waals surface area contributed by atoms with Crippen LogP contribution in [0, 0.1) is 0 Å². The highest BCUT2D eigenvalue weighted by molar-refractivity contribution is 4.96. The molecule has 0 aromatic rings. The Morgan fingerprint density at radius 1 is 0.750 bits per heavy atom. The summed E-state index contributed by atoms with van der Waals surface area (Å²) in [4.78, 5) is 4.88. The van der Waals surface area contributed by atoms with Crippen LogP contribution in [-0.2, 0) is 23.7 Å². The fourth-order valence-electron chi connectivity index (χ4n) is 2.97. The number of methoxy groups -OCH3 is 1. The van der Waals surface area contributed by atoms with E-state index in [0.717, 1.165) is 65.2 Å². The first-order chi connectivity index (χ1) is 13.8. The number of ether oxygens (including phenoxy) is 5. The molecule has 0 unspecified atom stereocenters. The van der Waals surface area contributed by atoms with E-state index in [2.05, 4.69) is 23.3 Å². The van der Waals surface area contributed by atoms with E-state index in [9.17, 15) is 0 Å². The Morgan fingerprint density at radius 2 is 1.29 bits per heavy atom. The molecular formula is C21H42N2O5. The maximum Gasteiger partial charge on any atom is 0.0701 e. The van der Waals surface area contributed by atoms with Gasteiger partial charge in [-0.05, 0) is 12.8 Å². The molecule has 1 saturated heterocycles. The molecule has 0 bridgehead atoms. The molecule has 166 valence electrons. The summed E-state index contributed by atoms with van der Waals surface area (Å²) in [6.45, 7) is 17.8. The van der Waals surface area contributed by atoms with Gasteiger partial charge in [0.05, 0.1) is 46.2 Å². The lowest BCUT2D eigenvalue weighted by molar-refractivity contribution is -0.00188. The molecule has 1 rings (SSSR count). The predicted octanol–water partition coefficient (Wildman–Crippen LogP) is 2.02. The Kier molecular flexibility index (Phi) is 16.6. The predicted molar refractivity (Wildman–Crippen MR) is 112 cm³/mol. The van der Waals surface area contributed by atoms with Gasteiger partial charge in [0.15, 0.2) is 0 Å². The molecule has 0 saturated carbocycles. The Bertz CT molecular complexity index is 363. The lowest BCUT2D eigenvalue weighted by atomic mass is 10.2. The minimum Gasteiger partial charge on any atom is -0.385 e. The Morgan fingerprint density at radius 3 is 1.82 bits per heavy atom. The smallest absolute Gasteiger partial charge is 0.0701 e. The molecule has 7 heteroatoms. The first-order valence-electron chi connectivity index (χ1n) is 10.7. The van der Waals surface area contributed by atoms with Crippen LogP contribution in [0.2, 0.25) is 0 Å². The van der Waals surface area contributed by atoms with Gasteiger partial charge in [-0.1, -0.05) is 13.5 Å². The summed E-state index contributed by atoms with van der Waals surface area (Å²) in [5.41, 5.74) is 1.18. The van der Waals surface area contributed by atoms with Crippen molar-refractivity contribution >= 4 is 0 Å². The molecule has 1 heterocycles. The fourth-order valence-corrected chi connectivity index (χ4v) is 2.97. The molecule has 0 N–H and O–H groups in total. The van der Waals surface area contributed by atoms with Gasteiger partial charge in [-0.25, -0.2) is 0 Å². The molecule has 1 fully saturated rings. The Hall–Kier alpha value is -0.700. The van der Waals surface area contributed by atoms with Crippen LogP contribution in [0.15, 0.2) is 12.3 Å². The minimum absolute atomic E-state index is 0.596. The van der Waals surface area contributed by atoms with Gasteiger partial charge in [0, 0.05) is 65.2 Å². The van der Waals surface area contributed by atoms with E-state index in [4.69, 9.17) is 23.7 Å². The molecule has 1 aliphatic rings. The van der Waals surface area contributed by atoms with Crippen LogP contribution in [-0.4, -0.2) is 109 Å². The van der Waals surface area contributed by atoms with Crippen molar-refractivity contribution in [2.45, 2.75) is 26.2 Å². The highest BCUT2D eigenvalue weighted by Crippen LogP contribution is 2.11. The van der Waals surface area contributed by atoms with Crippen molar-refractivity contribution in [3.63, 3.8) is 0 Å². The van der Waals surface area contributed by atoms with Crippen molar-refractivity contribution in [3.05, 3.63) is 12.3 Å². The quantitative estimate of drug-likeness (QED) is 0.306. The highest BCUT2D eigenvalue weighted by Gasteiger charge is 2.17. The normalized spacial score (nSPS) is 15.3. The molecular weight excluding hydrogens is 360 g/mol. The topological polar surface area (TPSA) is 52.6 Å². The second-order valence-electron chi connectivity index (χ2n) is 6.94. The molecule has 28 heavy (non-hydrogen) atoms. The van der Waals surface area contributed by atoms with Gasteiger partial charge in [0.2, 0.25) is 0 Å². The number of rotatable bonds is 19. The Balaban J connectivity index is 1.86. The van der Waals surface area contributed by atoms with Crippen molar-refractivity contribution in [1.82, 2.24) is 9.80 Å². The van der Waals surface area contributed by atoms with E-state index < -0.39 is 0 Å². The lowest BCUT2D eigenvalue weighted by Gasteiger charge is -2.37. The van der Waals surface area contributed by atoms with E-state index >= 15 is 0 Å². The summed E-state index contributed by atoms with van der Waals surface area (Å²) in [6, 6.07) is 0. The molecule has 0 spiro atoms. The maximum absolute atomic E-state index is 5.66. The van der Waals surface area contributed by atoms with Crippen LogP contribution < -0.4 is 0 Å². The summed E-state index contributed by atoms with van der Waals surface area (Å²) in [5.74, 6) is 0. The van der Waals surface area contributed by atoms with Crippen LogP contribution in [0.4, 0.5) is 0 Å². The molecule has 1 aliphatic heterocycles. The van der Waals surface area contributed by atoms with Crippen molar-refractivity contribution in [2.24, 2.45) is 0 Å². The SMILES string of the molecule is C=C(CCOCCOCCOCCOCCC)N1CCN(CCCOC)CC1. The third kappa shape index (κ3) is 13.5. The number of hydrogen-bond acceptors (Lipinski definition) is 7. The third-order valence-corrected chi connectivity index (χ3v) is 4.64. The van der Waals surface area contributed by atoms with Gasteiger partial charge >= 0.3 is 0 Å². The highest BCUT2D eigenvalue weighted by atomic mass is 16.6. The van der Waals surface area contributed by atoms with Gasteiger partial charge in [-0.3, -0.25) is 4.90 Å². The maximum atomic E-state index is 5.66. The first-order valence-corrected chi connectivity index (χ1v) is 10.7. The average Bonchev–Trinajstić information content (AvgIpc) is 2.72. The van der Waals surface area contributed by atoms with E-state index in [1.54, 1.807) is 7.11 Å². The van der Waals surface area contributed by atoms with Gasteiger partial charge in [-0.15, -0.1) is 0 Å². The minimum atomic E-state index is 0.596. The van der Waals surface area contributed by atoms with Gasteiger partial charge in [-0.2, -0.15) is 0 Å². The van der Waals surface area contributed by atoms with Crippen LogP contribution in [0.25, 0.3) is 0 Å². The zero-order valence-electron chi connectivity index (χ0n) is 18.2. The van der Waals surface area contributed by atoms with Crippen molar-refractivity contribution in [3.8, 4) is 0 Å². The lowest BCUT2D eigenvalue weighted by Crippen LogP contribution is -2.46. The summed E-state index contributed by atoms with van der Waals surface area (Å²) in [7, 11) is 1.76. The molecule has 0 aromatic heterocycles. The largest absolute Gasteiger partial charge is 0.385 e. The van der Waals surface area contributed by atoms with Crippen LogP contribution in [0.3, 0.4) is 0 Å². The summed E-state index contributed by atoms with van der Waals surface area (Å²) in [6.07, 6.45) is 3.03. The fraction of sp³-hybridized carbons (Fsp3) is 0.905. The second kappa shape index (κ2) is 18.3. The molecule has 7 nitrogen and oxygen atoms in total. The summed E-state index contributed by atoms with van der Waals surface area (Å²) >= 11 is 0. The Labute approximate surface area is 171 Å². The molecule has 0 atom stereocenters. The molecule has 0 amide bonds. The van der Waals surface area contributed by atoms with E-state index in [-0.39, 0.29) is 0 Å². The van der Waals surface area contributed by atoms with Gasteiger partial charge in [0.1, 0.15) is 0 Å².